The first-order chi connectivity index (χ1) is 11.0. The van der Waals surface area contributed by atoms with Crippen molar-refractivity contribution in [3.63, 3.8) is 0 Å². The van der Waals surface area contributed by atoms with Gasteiger partial charge in [-0.2, -0.15) is 8.42 Å². The minimum Gasteiger partial charge on any atom is -0.444 e. The standard InChI is InChI=1S/C15H25FN2O5S/c1-15(2,3)23-14(20)17-6-4-5-11(8-17)9-18-10-12(7-13(18)19)24(16,21)22/h11-12H,4-10H2,1-3H3. The fraction of sp³-hybridized carbons (Fsp3) is 0.867. The van der Waals surface area contributed by atoms with Crippen LogP contribution in [0, 0.1) is 5.92 Å². The zero-order valence-electron chi connectivity index (χ0n) is 14.3. The summed E-state index contributed by atoms with van der Waals surface area (Å²) in [4.78, 5) is 27.0. The molecule has 0 saturated carbocycles. The number of carbonyl (C=O) groups is 2. The molecule has 2 amide bonds. The van der Waals surface area contributed by atoms with Gasteiger partial charge in [-0.25, -0.2) is 4.79 Å². The quantitative estimate of drug-likeness (QED) is 0.709. The Morgan fingerprint density at radius 2 is 2.00 bits per heavy atom. The number of ether oxygens (including phenoxy) is 1. The van der Waals surface area contributed by atoms with Crippen molar-refractivity contribution in [3.8, 4) is 0 Å². The second-order valence-electron chi connectivity index (χ2n) is 7.54. The second-order valence-corrected chi connectivity index (χ2v) is 9.15. The number of amides is 2. The normalized spacial score (nSPS) is 25.9. The Morgan fingerprint density at radius 1 is 1.33 bits per heavy atom. The molecule has 0 aromatic heterocycles. The van der Waals surface area contributed by atoms with E-state index in [1.165, 1.54) is 4.90 Å². The summed E-state index contributed by atoms with van der Waals surface area (Å²) in [6.07, 6.45) is 0.929. The van der Waals surface area contributed by atoms with Crippen LogP contribution >= 0.6 is 0 Å². The predicted octanol–water partition coefficient (Wildman–Crippen LogP) is 1.53. The molecule has 2 heterocycles. The molecule has 2 aliphatic rings. The van der Waals surface area contributed by atoms with Gasteiger partial charge in [0.2, 0.25) is 5.91 Å². The number of rotatable bonds is 3. The lowest BCUT2D eigenvalue weighted by Crippen LogP contribution is -2.46. The molecule has 2 aliphatic heterocycles. The van der Waals surface area contributed by atoms with E-state index in [1.807, 2.05) is 0 Å². The maximum Gasteiger partial charge on any atom is 0.410 e. The third kappa shape index (κ3) is 5.06. The Labute approximate surface area is 142 Å². The van der Waals surface area contributed by atoms with Crippen molar-refractivity contribution in [2.75, 3.05) is 26.2 Å². The molecule has 2 atom stereocenters. The van der Waals surface area contributed by atoms with Gasteiger partial charge in [-0.1, -0.05) is 0 Å². The largest absolute Gasteiger partial charge is 0.444 e. The lowest BCUT2D eigenvalue weighted by Gasteiger charge is -2.35. The Morgan fingerprint density at radius 3 is 2.54 bits per heavy atom. The summed E-state index contributed by atoms with van der Waals surface area (Å²) in [6, 6.07) is 0. The lowest BCUT2D eigenvalue weighted by atomic mass is 9.98. The fourth-order valence-corrected chi connectivity index (χ4v) is 3.82. The minimum atomic E-state index is -4.70. The van der Waals surface area contributed by atoms with Crippen molar-refractivity contribution in [2.45, 2.75) is 50.9 Å². The topological polar surface area (TPSA) is 84.0 Å². The highest BCUT2D eigenvalue weighted by atomic mass is 32.3. The van der Waals surface area contributed by atoms with Gasteiger partial charge in [-0.15, -0.1) is 3.89 Å². The summed E-state index contributed by atoms with van der Waals surface area (Å²) in [6.45, 7) is 6.67. The average Bonchev–Trinajstić information content (AvgIpc) is 2.79. The van der Waals surface area contributed by atoms with Crippen LogP contribution in [0.1, 0.15) is 40.0 Å². The van der Waals surface area contributed by atoms with Crippen LogP contribution in [0.2, 0.25) is 0 Å². The number of carbonyl (C=O) groups excluding carboxylic acids is 2. The van der Waals surface area contributed by atoms with Gasteiger partial charge in [-0.05, 0) is 39.5 Å². The first-order valence-electron chi connectivity index (χ1n) is 8.15. The highest BCUT2D eigenvalue weighted by Crippen LogP contribution is 2.24. The van der Waals surface area contributed by atoms with E-state index in [1.54, 1.807) is 25.7 Å². The summed E-state index contributed by atoms with van der Waals surface area (Å²) in [7, 11) is -4.70. The maximum atomic E-state index is 13.1. The Hall–Kier alpha value is -1.38. The average molecular weight is 364 g/mol. The zero-order chi connectivity index (χ0) is 18.1. The van der Waals surface area contributed by atoms with Gasteiger partial charge in [0.05, 0.1) is 0 Å². The van der Waals surface area contributed by atoms with E-state index in [0.717, 1.165) is 12.8 Å². The van der Waals surface area contributed by atoms with Gasteiger partial charge in [0.15, 0.2) is 0 Å². The van der Waals surface area contributed by atoms with E-state index >= 15 is 0 Å². The van der Waals surface area contributed by atoms with Gasteiger partial charge in [-0.3, -0.25) is 4.79 Å². The van der Waals surface area contributed by atoms with Crippen molar-refractivity contribution in [1.82, 2.24) is 9.80 Å². The maximum absolute atomic E-state index is 13.1. The molecule has 0 bridgehead atoms. The zero-order valence-corrected chi connectivity index (χ0v) is 15.1. The molecule has 0 spiro atoms. The van der Waals surface area contributed by atoms with Gasteiger partial charge in [0.25, 0.3) is 0 Å². The summed E-state index contributed by atoms with van der Waals surface area (Å²) in [5.74, 6) is -0.313. The molecule has 7 nitrogen and oxygen atoms in total. The predicted molar refractivity (Wildman–Crippen MR) is 85.5 cm³/mol. The number of piperidine rings is 1. The number of nitrogens with zero attached hydrogens (tertiary/aromatic N) is 2. The summed E-state index contributed by atoms with van der Waals surface area (Å²) < 4.78 is 40.4. The molecule has 0 N–H and O–H groups in total. The number of hydrogen-bond acceptors (Lipinski definition) is 5. The van der Waals surface area contributed by atoms with Crippen molar-refractivity contribution >= 4 is 22.2 Å². The third-order valence-electron chi connectivity index (χ3n) is 4.23. The van der Waals surface area contributed by atoms with E-state index in [0.29, 0.717) is 19.6 Å². The molecule has 2 rings (SSSR count). The summed E-state index contributed by atoms with van der Waals surface area (Å²) >= 11 is 0. The van der Waals surface area contributed by atoms with Crippen LogP contribution in [0.25, 0.3) is 0 Å². The van der Waals surface area contributed by atoms with Crippen LogP contribution in [0.3, 0.4) is 0 Å². The SMILES string of the molecule is CC(C)(C)OC(=O)N1CCCC(CN2CC(S(=O)(=O)F)CC2=O)C1. The lowest BCUT2D eigenvalue weighted by molar-refractivity contribution is -0.128. The first-order valence-corrected chi connectivity index (χ1v) is 9.59. The first kappa shape index (κ1) is 19.0. The van der Waals surface area contributed by atoms with Crippen molar-refractivity contribution in [2.24, 2.45) is 5.92 Å². The van der Waals surface area contributed by atoms with E-state index in [9.17, 15) is 21.9 Å². The second kappa shape index (κ2) is 6.85. The molecule has 2 fully saturated rings. The van der Waals surface area contributed by atoms with E-state index < -0.39 is 21.1 Å². The van der Waals surface area contributed by atoms with E-state index in [-0.39, 0.29) is 30.9 Å². The molecule has 0 aromatic rings. The molecule has 24 heavy (non-hydrogen) atoms. The molecular weight excluding hydrogens is 339 g/mol. The Balaban J connectivity index is 1.91. The van der Waals surface area contributed by atoms with Crippen molar-refractivity contribution in [3.05, 3.63) is 0 Å². The monoisotopic (exact) mass is 364 g/mol. The van der Waals surface area contributed by atoms with Gasteiger partial charge in [0, 0.05) is 32.6 Å². The molecule has 9 heteroatoms. The number of halogens is 1. The van der Waals surface area contributed by atoms with Crippen LogP contribution in [-0.2, 0) is 19.8 Å². The summed E-state index contributed by atoms with van der Waals surface area (Å²) in [5, 5.41) is -1.27. The van der Waals surface area contributed by atoms with Crippen LogP contribution < -0.4 is 0 Å². The molecule has 0 aliphatic carbocycles. The molecule has 2 unspecified atom stereocenters. The molecule has 0 radical (unpaired) electrons. The third-order valence-corrected chi connectivity index (χ3v) is 5.34. The Bertz CT molecular complexity index is 601. The smallest absolute Gasteiger partial charge is 0.410 e. The van der Waals surface area contributed by atoms with Crippen LogP contribution in [0.15, 0.2) is 0 Å². The van der Waals surface area contributed by atoms with Gasteiger partial charge >= 0.3 is 16.3 Å². The fourth-order valence-electron chi connectivity index (χ4n) is 3.12. The highest BCUT2D eigenvalue weighted by molar-refractivity contribution is 7.87. The van der Waals surface area contributed by atoms with Crippen molar-refractivity contribution < 1.29 is 26.6 Å². The minimum absolute atomic E-state index is 0.0382. The molecule has 2 saturated heterocycles. The molecule has 138 valence electrons. The number of hydrogen-bond donors (Lipinski definition) is 0. The Kier molecular flexibility index (Phi) is 5.41. The highest BCUT2D eigenvalue weighted by Gasteiger charge is 2.39. The molecular formula is C15H25FN2O5S. The van der Waals surface area contributed by atoms with E-state index in [4.69, 9.17) is 4.74 Å². The van der Waals surface area contributed by atoms with Gasteiger partial charge < -0.3 is 14.5 Å². The van der Waals surface area contributed by atoms with Crippen LogP contribution in [0.5, 0.6) is 0 Å². The number of likely N-dealkylation sites (tertiary alicyclic amines) is 2. The van der Waals surface area contributed by atoms with Crippen molar-refractivity contribution in [1.29, 1.82) is 0 Å². The van der Waals surface area contributed by atoms with Gasteiger partial charge in [0.1, 0.15) is 10.9 Å². The van der Waals surface area contributed by atoms with Crippen LogP contribution in [0.4, 0.5) is 8.68 Å². The summed E-state index contributed by atoms with van der Waals surface area (Å²) in [5.41, 5.74) is -0.572. The molecule has 0 aromatic carbocycles. The van der Waals surface area contributed by atoms with E-state index in [2.05, 4.69) is 0 Å². The van der Waals surface area contributed by atoms with Crippen LogP contribution in [-0.4, -0.2) is 67.2 Å².